The van der Waals surface area contributed by atoms with E-state index in [0.717, 1.165) is 33.4 Å². The molecule has 2 aromatic heterocycles. The van der Waals surface area contributed by atoms with E-state index >= 15 is 0 Å². The summed E-state index contributed by atoms with van der Waals surface area (Å²) in [7, 11) is 0. The van der Waals surface area contributed by atoms with E-state index in [-0.39, 0.29) is 0 Å². The third-order valence-corrected chi connectivity index (χ3v) is 9.83. The molecule has 0 aliphatic carbocycles. The first-order valence-electron chi connectivity index (χ1n) is 8.68. The zero-order valence-electron chi connectivity index (χ0n) is 15.4. The summed E-state index contributed by atoms with van der Waals surface area (Å²) < 4.78 is 1.55. The first kappa shape index (κ1) is 17.4. The van der Waals surface area contributed by atoms with Crippen molar-refractivity contribution < 1.29 is 0 Å². The first-order chi connectivity index (χ1) is 12.4. The van der Waals surface area contributed by atoms with E-state index in [1.54, 1.807) is 22.1 Å². The Morgan fingerprint density at radius 3 is 2.38 bits per heavy atom. The van der Waals surface area contributed by atoms with Crippen LogP contribution in [0.2, 0.25) is 17.3 Å². The molecule has 26 heavy (non-hydrogen) atoms. The van der Waals surface area contributed by atoms with Gasteiger partial charge in [0.05, 0.1) is 0 Å². The van der Waals surface area contributed by atoms with Crippen LogP contribution in [-0.4, -0.2) is 28.2 Å². The zero-order chi connectivity index (χ0) is 18.3. The molecule has 0 unspecified atom stereocenters. The van der Waals surface area contributed by atoms with Gasteiger partial charge in [-0.3, -0.25) is 0 Å². The summed E-state index contributed by atoms with van der Waals surface area (Å²) in [6.45, 7) is 2.22. The van der Waals surface area contributed by atoms with E-state index in [2.05, 4.69) is 80.9 Å². The molecule has 0 aliphatic heterocycles. The Balaban J connectivity index is 1.83. The molecule has 0 fully saturated rings. The molecule has 0 atom stereocenters. The van der Waals surface area contributed by atoms with Gasteiger partial charge in [0.2, 0.25) is 0 Å². The van der Waals surface area contributed by atoms with Crippen LogP contribution in [0.1, 0.15) is 5.56 Å². The van der Waals surface area contributed by atoms with Crippen LogP contribution in [0.15, 0.2) is 53.6 Å². The third-order valence-electron chi connectivity index (χ3n) is 4.67. The van der Waals surface area contributed by atoms with Crippen LogP contribution in [-0.2, 0) is 0 Å². The number of thiazole rings is 1. The fourth-order valence-electron chi connectivity index (χ4n) is 3.45. The quantitative estimate of drug-likeness (QED) is 0.424. The van der Waals surface area contributed by atoms with E-state index in [9.17, 15) is 0 Å². The standard InChI is InChI=1S/C21H21GeN3S/c1-14-9-16(6-8-18(14)22(2,3)4)21-17-7-5-15(20-11-26-13-25-20)10-19(17)23-12-24-21/h5-13H,1-4H3. The number of nitrogens with zero attached hydrogens (tertiary/aromatic N) is 3. The van der Waals surface area contributed by atoms with Crippen molar-refractivity contribution in [2.45, 2.75) is 24.2 Å². The number of aromatic nitrogens is 3. The van der Waals surface area contributed by atoms with E-state index in [1.807, 2.05) is 5.51 Å². The summed E-state index contributed by atoms with van der Waals surface area (Å²) in [4.78, 5) is 13.5. The van der Waals surface area contributed by atoms with Crippen molar-refractivity contribution in [1.29, 1.82) is 0 Å². The topological polar surface area (TPSA) is 38.7 Å². The number of aryl methyl sites for hydroxylation is 1. The number of benzene rings is 2. The van der Waals surface area contributed by atoms with Crippen LogP contribution in [0, 0.1) is 6.92 Å². The summed E-state index contributed by atoms with van der Waals surface area (Å²) in [6.07, 6.45) is 1.66. The Morgan fingerprint density at radius 1 is 0.885 bits per heavy atom. The number of fused-ring (bicyclic) bond motifs is 1. The van der Waals surface area contributed by atoms with Gasteiger partial charge in [-0.2, -0.15) is 0 Å². The summed E-state index contributed by atoms with van der Waals surface area (Å²) in [5, 5.41) is 3.14. The number of hydrogen-bond acceptors (Lipinski definition) is 4. The summed E-state index contributed by atoms with van der Waals surface area (Å²) in [5.74, 6) is 7.30. The molecular weight excluding hydrogens is 399 g/mol. The summed E-state index contributed by atoms with van der Waals surface area (Å²) in [6, 6.07) is 13.1. The van der Waals surface area contributed by atoms with Gasteiger partial charge >= 0.3 is 161 Å². The van der Waals surface area contributed by atoms with Crippen molar-refractivity contribution in [3.8, 4) is 22.5 Å². The van der Waals surface area contributed by atoms with E-state index in [0.29, 0.717) is 0 Å². The van der Waals surface area contributed by atoms with Crippen LogP contribution in [0.3, 0.4) is 0 Å². The molecule has 5 heteroatoms. The van der Waals surface area contributed by atoms with E-state index < -0.39 is 13.3 Å². The second-order valence-corrected chi connectivity index (χ2v) is 18.9. The molecule has 2 aromatic carbocycles. The Bertz CT molecular complexity index is 1080. The van der Waals surface area contributed by atoms with Crippen molar-refractivity contribution in [3.63, 3.8) is 0 Å². The minimum absolute atomic E-state index is 0.954. The van der Waals surface area contributed by atoms with Crippen molar-refractivity contribution >= 4 is 39.9 Å². The van der Waals surface area contributed by atoms with Gasteiger partial charge in [0.25, 0.3) is 0 Å². The monoisotopic (exact) mass is 421 g/mol. The zero-order valence-corrected chi connectivity index (χ0v) is 18.4. The molecule has 0 amide bonds. The Labute approximate surface area is 160 Å². The fraction of sp³-hybridized carbons (Fsp3) is 0.190. The summed E-state index contributed by atoms with van der Waals surface area (Å²) in [5.41, 5.74) is 8.43. The minimum atomic E-state index is -1.85. The molecule has 2 heterocycles. The average Bonchev–Trinajstić information content (AvgIpc) is 3.14. The Kier molecular flexibility index (Phi) is 4.41. The number of rotatable bonds is 3. The van der Waals surface area contributed by atoms with E-state index in [1.165, 1.54) is 5.56 Å². The Morgan fingerprint density at radius 2 is 1.69 bits per heavy atom. The molecule has 0 radical (unpaired) electrons. The van der Waals surface area contributed by atoms with Gasteiger partial charge in [-0.25, -0.2) is 0 Å². The van der Waals surface area contributed by atoms with Gasteiger partial charge in [0.15, 0.2) is 0 Å². The molecule has 0 bridgehead atoms. The molecule has 0 aliphatic rings. The molecule has 4 aromatic rings. The van der Waals surface area contributed by atoms with Crippen molar-refractivity contribution in [2.24, 2.45) is 0 Å². The maximum atomic E-state index is 4.59. The van der Waals surface area contributed by atoms with Crippen LogP contribution in [0.25, 0.3) is 33.4 Å². The molecular formula is C21H21GeN3S. The average molecular weight is 420 g/mol. The first-order valence-corrected chi connectivity index (χ1v) is 17.0. The molecule has 0 saturated heterocycles. The molecule has 3 nitrogen and oxygen atoms in total. The Hall–Kier alpha value is -2.05. The van der Waals surface area contributed by atoms with Gasteiger partial charge in [-0.1, -0.05) is 0 Å². The van der Waals surface area contributed by atoms with Crippen LogP contribution < -0.4 is 4.40 Å². The van der Waals surface area contributed by atoms with Gasteiger partial charge in [0, 0.05) is 0 Å². The van der Waals surface area contributed by atoms with Crippen molar-refractivity contribution in [2.75, 3.05) is 0 Å². The normalized spacial score (nSPS) is 11.8. The molecule has 130 valence electrons. The second-order valence-electron chi connectivity index (χ2n) is 7.61. The fourth-order valence-corrected chi connectivity index (χ4v) is 7.87. The molecule has 0 N–H and O–H groups in total. The van der Waals surface area contributed by atoms with Crippen LogP contribution >= 0.6 is 11.3 Å². The predicted molar refractivity (Wildman–Crippen MR) is 114 cm³/mol. The number of hydrogen-bond donors (Lipinski definition) is 0. The van der Waals surface area contributed by atoms with Crippen LogP contribution in [0.5, 0.6) is 0 Å². The molecule has 4 rings (SSSR count). The predicted octanol–water partition coefficient (Wildman–Crippen LogP) is 5.27. The van der Waals surface area contributed by atoms with E-state index in [4.69, 9.17) is 0 Å². The molecule has 0 saturated carbocycles. The van der Waals surface area contributed by atoms with Gasteiger partial charge in [-0.15, -0.1) is 0 Å². The molecule has 0 spiro atoms. The summed E-state index contributed by atoms with van der Waals surface area (Å²) >= 11 is -0.242. The van der Waals surface area contributed by atoms with Gasteiger partial charge < -0.3 is 0 Å². The van der Waals surface area contributed by atoms with Crippen molar-refractivity contribution in [3.05, 3.63) is 59.2 Å². The SMILES string of the molecule is Cc1cc(-c2ncnc3cc(-c4cscn4)ccc23)cc[c]1[Ge]([CH3])([CH3])[CH3]. The van der Waals surface area contributed by atoms with Crippen molar-refractivity contribution in [1.82, 2.24) is 15.0 Å². The van der Waals surface area contributed by atoms with Gasteiger partial charge in [-0.05, 0) is 0 Å². The second kappa shape index (κ2) is 6.60. The van der Waals surface area contributed by atoms with Crippen LogP contribution in [0.4, 0.5) is 0 Å². The van der Waals surface area contributed by atoms with Gasteiger partial charge in [0.1, 0.15) is 0 Å². The maximum absolute atomic E-state index is 4.59. The third kappa shape index (κ3) is 3.19.